The Morgan fingerprint density at radius 3 is 2.48 bits per heavy atom. The Hall–Kier alpha value is -6.25. The molecule has 63 heavy (non-hydrogen) atoms. The number of nitrogens with zero attached hydrogens (tertiary/aromatic N) is 6. The summed E-state index contributed by atoms with van der Waals surface area (Å²) in [6, 6.07) is 18.9. The number of carbonyl (C=O) groups is 4. The zero-order chi connectivity index (χ0) is 43.9. The standard InChI is InChI=1S/C48H49ClFN7O6/c1-29-44(30(2)53(3)52-29)45-38(49)15-14-35-32(8-6-24-62-40-10-4-7-31-25-33(50)12-13-34(31)40)26-56(46(35)45)23-20-54-18-21-55(22-19-54)43(59)28-63-41-11-5-9-36-37(41)27-57(48(36)61)39-16-17-42(58)51-47(39)60/h4-5,7,9-15,25-26,39H,6,8,16-24,27-28H2,1-3H3,(H,51,58,60). The van der Waals surface area contributed by atoms with Gasteiger partial charge in [0, 0.05) is 97.7 Å². The molecule has 5 heterocycles. The van der Waals surface area contributed by atoms with Crippen molar-refractivity contribution in [3.8, 4) is 22.6 Å². The summed E-state index contributed by atoms with van der Waals surface area (Å²) < 4.78 is 30.4. The first-order valence-corrected chi connectivity index (χ1v) is 21.8. The maximum atomic E-state index is 13.9. The molecule has 1 unspecified atom stereocenters. The fourth-order valence-corrected chi connectivity index (χ4v) is 9.63. The van der Waals surface area contributed by atoms with Gasteiger partial charge in [0.25, 0.3) is 11.8 Å². The molecule has 1 N–H and O–H groups in total. The number of fused-ring (bicyclic) bond motifs is 3. The van der Waals surface area contributed by atoms with E-state index in [-0.39, 0.29) is 49.5 Å². The highest BCUT2D eigenvalue weighted by atomic mass is 35.5. The van der Waals surface area contributed by atoms with Gasteiger partial charge in [-0.2, -0.15) is 5.10 Å². The first-order chi connectivity index (χ1) is 30.4. The molecule has 2 saturated heterocycles. The Morgan fingerprint density at radius 1 is 0.921 bits per heavy atom. The number of imide groups is 1. The Kier molecular flexibility index (Phi) is 11.7. The van der Waals surface area contributed by atoms with Gasteiger partial charge in [-0.25, -0.2) is 4.39 Å². The van der Waals surface area contributed by atoms with Crippen LogP contribution in [0.3, 0.4) is 0 Å². The minimum atomic E-state index is -0.733. The van der Waals surface area contributed by atoms with Crippen LogP contribution in [0.25, 0.3) is 32.8 Å². The van der Waals surface area contributed by atoms with Crippen molar-refractivity contribution in [3.63, 3.8) is 0 Å². The summed E-state index contributed by atoms with van der Waals surface area (Å²) in [5.74, 6) is -0.350. The summed E-state index contributed by atoms with van der Waals surface area (Å²) in [5, 5.41) is 10.5. The lowest BCUT2D eigenvalue weighted by Gasteiger charge is -2.34. The fourth-order valence-electron chi connectivity index (χ4n) is 9.38. The average Bonchev–Trinajstić information content (AvgIpc) is 3.89. The van der Waals surface area contributed by atoms with E-state index in [1.807, 2.05) is 47.8 Å². The van der Waals surface area contributed by atoms with Crippen LogP contribution in [0.15, 0.2) is 72.9 Å². The Bertz CT molecular complexity index is 2790. The first-order valence-electron chi connectivity index (χ1n) is 21.5. The number of halogens is 2. The molecule has 15 heteroatoms. The quantitative estimate of drug-likeness (QED) is 0.102. The van der Waals surface area contributed by atoms with Gasteiger partial charge >= 0.3 is 0 Å². The molecule has 9 rings (SSSR count). The largest absolute Gasteiger partial charge is 0.493 e. The van der Waals surface area contributed by atoms with Gasteiger partial charge in [-0.15, -0.1) is 0 Å². The summed E-state index contributed by atoms with van der Waals surface area (Å²) in [6.07, 6.45) is 4.22. The molecule has 2 aromatic heterocycles. The number of piperidine rings is 1. The van der Waals surface area contributed by atoms with E-state index in [1.165, 1.54) is 22.6 Å². The minimum absolute atomic E-state index is 0.139. The van der Waals surface area contributed by atoms with Gasteiger partial charge < -0.3 is 23.8 Å². The van der Waals surface area contributed by atoms with E-state index < -0.39 is 11.9 Å². The van der Waals surface area contributed by atoms with E-state index >= 15 is 0 Å². The second-order valence-electron chi connectivity index (χ2n) is 16.6. The van der Waals surface area contributed by atoms with Crippen molar-refractivity contribution in [2.45, 2.75) is 58.7 Å². The summed E-state index contributed by atoms with van der Waals surface area (Å²) >= 11 is 7.07. The molecule has 326 valence electrons. The van der Waals surface area contributed by atoms with E-state index in [0.29, 0.717) is 61.2 Å². The van der Waals surface area contributed by atoms with Gasteiger partial charge in [0.1, 0.15) is 23.4 Å². The molecule has 3 aliphatic heterocycles. The number of carbonyl (C=O) groups excluding carboxylic acids is 4. The molecule has 0 aliphatic carbocycles. The SMILES string of the molecule is Cc1nn(C)c(C)c1-c1c(Cl)ccc2c(CCCOc3cccc4cc(F)ccc34)cn(CCN3CCN(C(=O)COc4cccc5c4CN(C4CCC(=O)NC4=O)C5=O)CC3)c12. The number of amides is 4. The van der Waals surface area contributed by atoms with E-state index in [0.717, 1.165) is 69.3 Å². The van der Waals surface area contributed by atoms with Crippen LogP contribution in [0.2, 0.25) is 5.02 Å². The fraction of sp³-hybridized carbons (Fsp3) is 0.354. The van der Waals surface area contributed by atoms with Crippen molar-refractivity contribution in [1.29, 1.82) is 0 Å². The third kappa shape index (κ3) is 8.25. The molecule has 0 spiro atoms. The normalized spacial score (nSPS) is 16.9. The molecule has 4 amide bonds. The van der Waals surface area contributed by atoms with Crippen molar-refractivity contribution < 1.29 is 33.0 Å². The number of rotatable bonds is 13. The maximum Gasteiger partial charge on any atom is 0.260 e. The number of aromatic nitrogens is 3. The van der Waals surface area contributed by atoms with Gasteiger partial charge in [0.05, 0.1) is 29.4 Å². The van der Waals surface area contributed by atoms with Gasteiger partial charge in [-0.3, -0.25) is 34.1 Å². The molecule has 3 aliphatic rings. The number of aryl methyl sites for hydroxylation is 3. The molecular weight excluding hydrogens is 825 g/mol. The number of ether oxygens (including phenoxy) is 2. The Labute approximate surface area is 369 Å². The van der Waals surface area contributed by atoms with E-state index in [1.54, 1.807) is 24.3 Å². The second-order valence-corrected chi connectivity index (χ2v) is 17.0. The highest BCUT2D eigenvalue weighted by Gasteiger charge is 2.40. The van der Waals surface area contributed by atoms with Crippen LogP contribution in [-0.2, 0) is 40.9 Å². The first kappa shape index (κ1) is 42.1. The van der Waals surface area contributed by atoms with Crippen molar-refractivity contribution in [2.75, 3.05) is 45.9 Å². The van der Waals surface area contributed by atoms with Crippen LogP contribution in [0.5, 0.6) is 11.5 Å². The summed E-state index contributed by atoms with van der Waals surface area (Å²) in [5.41, 5.74) is 7.27. The lowest BCUT2D eigenvalue weighted by molar-refractivity contribution is -0.137. The number of hydrogen-bond donors (Lipinski definition) is 1. The van der Waals surface area contributed by atoms with Crippen molar-refractivity contribution in [2.24, 2.45) is 7.05 Å². The Balaban J connectivity index is 0.850. The van der Waals surface area contributed by atoms with Crippen LogP contribution in [0.4, 0.5) is 4.39 Å². The molecule has 6 aromatic rings. The maximum absolute atomic E-state index is 13.9. The van der Waals surface area contributed by atoms with Crippen LogP contribution in [0.1, 0.15) is 52.1 Å². The monoisotopic (exact) mass is 873 g/mol. The predicted molar refractivity (Wildman–Crippen MR) is 237 cm³/mol. The Morgan fingerprint density at radius 2 is 1.70 bits per heavy atom. The number of nitrogens with one attached hydrogen (secondary N) is 1. The van der Waals surface area contributed by atoms with Gasteiger partial charge in [0.2, 0.25) is 11.8 Å². The van der Waals surface area contributed by atoms with Crippen LogP contribution >= 0.6 is 11.6 Å². The lowest BCUT2D eigenvalue weighted by atomic mass is 9.99. The van der Waals surface area contributed by atoms with Crippen LogP contribution in [-0.4, -0.2) is 105 Å². The summed E-state index contributed by atoms with van der Waals surface area (Å²) in [7, 11) is 1.95. The van der Waals surface area contributed by atoms with E-state index in [9.17, 15) is 23.6 Å². The smallest absolute Gasteiger partial charge is 0.260 e. The second kappa shape index (κ2) is 17.5. The highest BCUT2D eigenvalue weighted by molar-refractivity contribution is 6.35. The summed E-state index contributed by atoms with van der Waals surface area (Å²) in [6.45, 7) is 8.52. The molecule has 1 atom stereocenters. The number of piperazine rings is 1. The average molecular weight is 874 g/mol. The molecule has 0 bridgehead atoms. The predicted octanol–water partition coefficient (Wildman–Crippen LogP) is 6.60. The van der Waals surface area contributed by atoms with Crippen LogP contribution in [0, 0.1) is 19.7 Å². The minimum Gasteiger partial charge on any atom is -0.493 e. The van der Waals surface area contributed by atoms with Gasteiger partial charge in [-0.05, 0) is 86.5 Å². The van der Waals surface area contributed by atoms with Crippen molar-refractivity contribution in [3.05, 3.63) is 112 Å². The number of hydrogen-bond acceptors (Lipinski definition) is 8. The highest BCUT2D eigenvalue weighted by Crippen LogP contribution is 2.41. The van der Waals surface area contributed by atoms with Gasteiger partial charge in [0.15, 0.2) is 6.61 Å². The molecular formula is C48H49ClFN7O6. The molecule has 4 aromatic carbocycles. The summed E-state index contributed by atoms with van der Waals surface area (Å²) in [4.78, 5) is 56.6. The zero-order valence-corrected chi connectivity index (χ0v) is 36.3. The third-order valence-corrected chi connectivity index (χ3v) is 13.1. The molecule has 0 radical (unpaired) electrons. The molecule has 2 fully saturated rings. The van der Waals surface area contributed by atoms with Crippen molar-refractivity contribution in [1.82, 2.24) is 34.4 Å². The lowest BCUT2D eigenvalue weighted by Crippen LogP contribution is -2.52. The van der Waals surface area contributed by atoms with E-state index in [2.05, 4.69) is 34.0 Å². The van der Waals surface area contributed by atoms with Gasteiger partial charge in [-0.1, -0.05) is 35.9 Å². The third-order valence-electron chi connectivity index (χ3n) is 12.8. The number of benzene rings is 4. The van der Waals surface area contributed by atoms with E-state index in [4.69, 9.17) is 26.2 Å². The van der Waals surface area contributed by atoms with Crippen molar-refractivity contribution >= 4 is 56.9 Å². The molecule has 0 saturated carbocycles. The topological polar surface area (TPSA) is 131 Å². The molecule has 13 nitrogen and oxygen atoms in total. The zero-order valence-electron chi connectivity index (χ0n) is 35.6. The van der Waals surface area contributed by atoms with Crippen LogP contribution < -0.4 is 14.8 Å².